The maximum Gasteiger partial charge on any atom is 0.416 e. The smallest absolute Gasteiger partial charge is 0.338 e. The summed E-state index contributed by atoms with van der Waals surface area (Å²) in [6.45, 7) is 2.46. The first-order valence-electron chi connectivity index (χ1n) is 8.84. The lowest BCUT2D eigenvalue weighted by Crippen LogP contribution is -2.45. The van der Waals surface area contributed by atoms with E-state index >= 15 is 0 Å². The average Bonchev–Trinajstić information content (AvgIpc) is 2.65. The number of amides is 3. The van der Waals surface area contributed by atoms with Crippen molar-refractivity contribution >= 4 is 11.9 Å². The van der Waals surface area contributed by atoms with Crippen LogP contribution in [0.4, 0.5) is 18.0 Å². The van der Waals surface area contributed by atoms with Gasteiger partial charge < -0.3 is 10.6 Å². The normalized spacial score (nSPS) is 12.3. The number of rotatable bonds is 7. The Balaban J connectivity index is 2.00. The van der Waals surface area contributed by atoms with Crippen molar-refractivity contribution in [1.82, 2.24) is 16.0 Å². The van der Waals surface area contributed by atoms with Crippen LogP contribution >= 0.6 is 0 Å². The Morgan fingerprint density at radius 1 is 1.00 bits per heavy atom. The van der Waals surface area contributed by atoms with E-state index in [1.54, 1.807) is 31.2 Å². The highest BCUT2D eigenvalue weighted by Crippen LogP contribution is 2.29. The van der Waals surface area contributed by atoms with Crippen molar-refractivity contribution in [1.29, 1.82) is 0 Å². The summed E-state index contributed by atoms with van der Waals surface area (Å²) in [6.07, 6.45) is -3.94. The number of hydrogen-bond acceptors (Lipinski definition) is 3. The first-order chi connectivity index (χ1) is 13.3. The Kier molecular flexibility index (Phi) is 7.57. The lowest BCUT2D eigenvalue weighted by Gasteiger charge is -2.18. The van der Waals surface area contributed by atoms with Crippen LogP contribution in [0.2, 0.25) is 0 Å². The largest absolute Gasteiger partial charge is 0.416 e. The molecule has 2 aromatic carbocycles. The van der Waals surface area contributed by atoms with Gasteiger partial charge in [-0.1, -0.05) is 42.5 Å². The van der Waals surface area contributed by atoms with Crippen LogP contribution in [0.5, 0.6) is 0 Å². The number of imide groups is 1. The molecule has 8 heteroatoms. The molecule has 0 aromatic heterocycles. The zero-order chi connectivity index (χ0) is 20.6. The molecular formula is C20H22F3N3O2. The molecule has 0 aliphatic rings. The highest BCUT2D eigenvalue weighted by atomic mass is 19.4. The molecule has 0 fully saturated rings. The van der Waals surface area contributed by atoms with Crippen LogP contribution in [0.25, 0.3) is 0 Å². The Morgan fingerprint density at radius 2 is 1.64 bits per heavy atom. The fraction of sp³-hybridized carbons (Fsp3) is 0.300. The molecule has 0 saturated carbocycles. The van der Waals surface area contributed by atoms with Crippen molar-refractivity contribution in [2.75, 3.05) is 13.1 Å². The summed E-state index contributed by atoms with van der Waals surface area (Å²) in [5, 5.41) is 7.83. The molecule has 0 spiro atoms. The van der Waals surface area contributed by atoms with Gasteiger partial charge in [-0.25, -0.2) is 4.79 Å². The highest BCUT2D eigenvalue weighted by molar-refractivity contribution is 5.97. The van der Waals surface area contributed by atoms with Crippen molar-refractivity contribution in [3.05, 3.63) is 71.3 Å². The molecule has 2 rings (SSSR count). The van der Waals surface area contributed by atoms with Crippen LogP contribution < -0.4 is 16.0 Å². The maximum absolute atomic E-state index is 12.6. The predicted octanol–water partition coefficient (Wildman–Crippen LogP) is 3.42. The molecule has 3 N–H and O–H groups in total. The van der Waals surface area contributed by atoms with Crippen LogP contribution in [0.3, 0.4) is 0 Å². The molecule has 28 heavy (non-hydrogen) atoms. The van der Waals surface area contributed by atoms with Gasteiger partial charge in [0.05, 0.1) is 5.56 Å². The Bertz CT molecular complexity index is 778. The van der Waals surface area contributed by atoms with Crippen LogP contribution in [-0.4, -0.2) is 25.0 Å². The first kappa shape index (κ1) is 21.4. The lowest BCUT2D eigenvalue weighted by molar-refractivity contribution is -0.137. The number of urea groups is 1. The second kappa shape index (κ2) is 9.89. The topological polar surface area (TPSA) is 70.2 Å². The van der Waals surface area contributed by atoms with E-state index in [9.17, 15) is 22.8 Å². The van der Waals surface area contributed by atoms with Gasteiger partial charge in [0.15, 0.2) is 0 Å². The zero-order valence-electron chi connectivity index (χ0n) is 15.3. The van der Waals surface area contributed by atoms with Gasteiger partial charge in [-0.05, 0) is 36.6 Å². The van der Waals surface area contributed by atoms with Gasteiger partial charge in [-0.3, -0.25) is 10.1 Å². The third kappa shape index (κ3) is 6.38. The van der Waals surface area contributed by atoms with Crippen LogP contribution in [0, 0.1) is 0 Å². The van der Waals surface area contributed by atoms with Gasteiger partial charge in [0.25, 0.3) is 0 Å². The Morgan fingerprint density at radius 3 is 2.21 bits per heavy atom. The second-order valence-corrected chi connectivity index (χ2v) is 6.09. The predicted molar refractivity (Wildman–Crippen MR) is 99.5 cm³/mol. The third-order valence-electron chi connectivity index (χ3n) is 4.01. The molecule has 0 aliphatic heterocycles. The van der Waals surface area contributed by atoms with Gasteiger partial charge in [0.1, 0.15) is 6.04 Å². The molecule has 0 heterocycles. The van der Waals surface area contributed by atoms with Gasteiger partial charge in [0.2, 0.25) is 5.91 Å². The SMILES string of the molecule is CCNC(=O)NC(=O)[C@@H](NCCc1ccc(C(F)(F)F)cc1)c1ccccc1. The van der Waals surface area contributed by atoms with Crippen molar-refractivity contribution in [3.63, 3.8) is 0 Å². The van der Waals surface area contributed by atoms with Gasteiger partial charge in [-0.2, -0.15) is 13.2 Å². The van der Waals surface area contributed by atoms with Crippen molar-refractivity contribution in [2.45, 2.75) is 25.6 Å². The molecule has 0 unspecified atom stereocenters. The standard InChI is InChI=1S/C20H22F3N3O2/c1-2-24-19(28)26-18(27)17(15-6-4-3-5-7-15)25-13-12-14-8-10-16(11-9-14)20(21,22)23/h3-11,17,25H,2,12-13H2,1H3,(H2,24,26,27,28)/t17-/m0/s1. The van der Waals surface area contributed by atoms with E-state index in [0.29, 0.717) is 30.6 Å². The van der Waals surface area contributed by atoms with Gasteiger partial charge >= 0.3 is 12.2 Å². The third-order valence-corrected chi connectivity index (χ3v) is 4.01. The monoisotopic (exact) mass is 393 g/mol. The molecule has 150 valence electrons. The van der Waals surface area contributed by atoms with E-state index in [0.717, 1.165) is 12.1 Å². The van der Waals surface area contributed by atoms with E-state index in [-0.39, 0.29) is 0 Å². The summed E-state index contributed by atoms with van der Waals surface area (Å²) in [5.41, 5.74) is 0.681. The quantitative estimate of drug-likeness (QED) is 0.675. The molecule has 3 amide bonds. The highest BCUT2D eigenvalue weighted by Gasteiger charge is 2.30. The van der Waals surface area contributed by atoms with Gasteiger partial charge in [-0.15, -0.1) is 0 Å². The number of carbonyl (C=O) groups is 2. The molecule has 2 aromatic rings. The Labute approximate surface area is 161 Å². The van der Waals surface area contributed by atoms with E-state index in [1.807, 2.05) is 6.07 Å². The number of hydrogen-bond donors (Lipinski definition) is 3. The second-order valence-electron chi connectivity index (χ2n) is 6.09. The number of carbonyl (C=O) groups excluding carboxylic acids is 2. The summed E-state index contributed by atoms with van der Waals surface area (Å²) in [6, 6.07) is 12.4. The van der Waals surface area contributed by atoms with Crippen molar-refractivity contribution < 1.29 is 22.8 Å². The number of halogens is 3. The summed E-state index contributed by atoms with van der Waals surface area (Å²) < 4.78 is 37.9. The van der Waals surface area contributed by atoms with E-state index in [2.05, 4.69) is 16.0 Å². The minimum atomic E-state index is -4.37. The van der Waals surface area contributed by atoms with E-state index < -0.39 is 29.7 Å². The Hall–Kier alpha value is -2.87. The molecule has 0 saturated heterocycles. The van der Waals surface area contributed by atoms with Crippen LogP contribution in [0.1, 0.15) is 29.7 Å². The fourth-order valence-corrected chi connectivity index (χ4v) is 2.62. The summed E-state index contributed by atoms with van der Waals surface area (Å²) in [4.78, 5) is 24.1. The summed E-state index contributed by atoms with van der Waals surface area (Å²) >= 11 is 0. The molecule has 0 bridgehead atoms. The van der Waals surface area contributed by atoms with E-state index in [1.165, 1.54) is 12.1 Å². The van der Waals surface area contributed by atoms with Crippen LogP contribution in [0.15, 0.2) is 54.6 Å². The van der Waals surface area contributed by atoms with Crippen LogP contribution in [-0.2, 0) is 17.4 Å². The fourth-order valence-electron chi connectivity index (χ4n) is 2.62. The minimum absolute atomic E-state index is 0.341. The van der Waals surface area contributed by atoms with E-state index in [4.69, 9.17) is 0 Å². The lowest BCUT2D eigenvalue weighted by atomic mass is 10.0. The zero-order valence-corrected chi connectivity index (χ0v) is 15.3. The number of benzene rings is 2. The maximum atomic E-state index is 12.6. The average molecular weight is 393 g/mol. The van der Waals surface area contributed by atoms with Gasteiger partial charge in [0, 0.05) is 13.1 Å². The molecule has 5 nitrogen and oxygen atoms in total. The summed E-state index contributed by atoms with van der Waals surface area (Å²) in [7, 11) is 0. The molecular weight excluding hydrogens is 371 g/mol. The summed E-state index contributed by atoms with van der Waals surface area (Å²) in [5.74, 6) is -0.510. The molecule has 0 aliphatic carbocycles. The minimum Gasteiger partial charge on any atom is -0.338 e. The number of nitrogens with one attached hydrogen (secondary N) is 3. The first-order valence-corrected chi connectivity index (χ1v) is 8.84. The molecule has 1 atom stereocenters. The molecule has 0 radical (unpaired) electrons. The van der Waals surface area contributed by atoms with Crippen molar-refractivity contribution in [3.8, 4) is 0 Å². The number of alkyl halides is 3. The van der Waals surface area contributed by atoms with Crippen molar-refractivity contribution in [2.24, 2.45) is 0 Å².